The Labute approximate surface area is 206 Å². The van der Waals surface area contributed by atoms with Crippen LogP contribution in [0.2, 0.25) is 0 Å². The first-order valence-corrected chi connectivity index (χ1v) is 11.3. The van der Waals surface area contributed by atoms with E-state index in [0.29, 0.717) is 6.54 Å². The van der Waals surface area contributed by atoms with Gasteiger partial charge in [0.25, 0.3) is 0 Å². The molecule has 8 nitrogen and oxygen atoms in total. The van der Waals surface area contributed by atoms with E-state index in [2.05, 4.69) is 65.6 Å². The minimum absolute atomic E-state index is 0.0684. The Morgan fingerprint density at radius 3 is 2.40 bits per heavy atom. The Morgan fingerprint density at radius 1 is 1.06 bits per heavy atom. The van der Waals surface area contributed by atoms with Crippen molar-refractivity contribution in [2.45, 2.75) is 59.1 Å². The number of benzene rings is 2. The third-order valence-corrected chi connectivity index (χ3v) is 5.11. The monoisotopic (exact) mass is 471 g/mol. The van der Waals surface area contributed by atoms with Gasteiger partial charge in [0.1, 0.15) is 0 Å². The second kappa shape index (κ2) is 10.6. The molecule has 1 amide bonds. The van der Waals surface area contributed by atoms with E-state index < -0.39 is 11.7 Å². The molecule has 0 aliphatic rings. The topological polar surface area (TPSA) is 109 Å². The van der Waals surface area contributed by atoms with Crippen molar-refractivity contribution in [1.82, 2.24) is 20.6 Å². The van der Waals surface area contributed by atoms with E-state index in [1.807, 2.05) is 18.2 Å². The summed E-state index contributed by atoms with van der Waals surface area (Å²) in [6, 6.07) is 14.3. The van der Waals surface area contributed by atoms with Gasteiger partial charge < -0.3 is 0 Å². The van der Waals surface area contributed by atoms with Crippen molar-refractivity contribution in [3.63, 3.8) is 0 Å². The number of rotatable bonds is 6. The predicted molar refractivity (Wildman–Crippen MR) is 137 cm³/mol. The van der Waals surface area contributed by atoms with Crippen LogP contribution < -0.4 is 10.6 Å². The zero-order valence-electron chi connectivity index (χ0n) is 21.0. The molecule has 0 fully saturated rings. The third-order valence-electron chi connectivity index (χ3n) is 5.11. The average Bonchev–Trinajstić information content (AvgIpc) is 2.78. The van der Waals surface area contributed by atoms with E-state index >= 15 is 0 Å². The van der Waals surface area contributed by atoms with Gasteiger partial charge in [0.05, 0.1) is 0 Å². The van der Waals surface area contributed by atoms with Crippen molar-refractivity contribution in [2.75, 3.05) is 0 Å². The van der Waals surface area contributed by atoms with Gasteiger partial charge in [-0.1, -0.05) is 20.8 Å². The fraction of sp³-hybridized carbons (Fsp3) is 0.346. The van der Waals surface area contributed by atoms with Gasteiger partial charge >= 0.3 is 186 Å². The average molecular weight is 471 g/mol. The van der Waals surface area contributed by atoms with E-state index in [4.69, 9.17) is 14.7 Å². The first kappa shape index (κ1) is 25.7. The molecule has 0 aliphatic carbocycles. The van der Waals surface area contributed by atoms with E-state index in [1.165, 1.54) is 5.56 Å². The number of aromatic nitrogens is 2. The van der Waals surface area contributed by atoms with Crippen LogP contribution in [0.1, 0.15) is 52.7 Å². The van der Waals surface area contributed by atoms with Crippen LogP contribution in [-0.4, -0.2) is 34.5 Å². The van der Waals surface area contributed by atoms with Gasteiger partial charge in [0.2, 0.25) is 0 Å². The number of amides is 1. The molecule has 3 aromatic rings. The van der Waals surface area contributed by atoms with Gasteiger partial charge in [-0.2, -0.15) is 0 Å². The first-order chi connectivity index (χ1) is 16.5. The van der Waals surface area contributed by atoms with Crippen LogP contribution in [-0.2, 0) is 21.4 Å². The van der Waals surface area contributed by atoms with Crippen LogP contribution in [0.15, 0.2) is 48.8 Å². The first-order valence-electron chi connectivity index (χ1n) is 11.3. The molecule has 0 saturated heterocycles. The molecular weight excluding hydrogens is 441 g/mol. The van der Waals surface area contributed by atoms with Crippen molar-refractivity contribution in [3.8, 4) is 17.5 Å². The number of nitrogens with one attached hydrogen (secondary N) is 2. The molecule has 3 rings (SSSR count). The van der Waals surface area contributed by atoms with E-state index in [0.717, 1.165) is 34.8 Å². The molecule has 1 heterocycles. The molecule has 180 valence electrons. The number of ether oxygens (including phenoxy) is 1. The summed E-state index contributed by atoms with van der Waals surface area (Å²) in [4.78, 5) is 21.2. The Morgan fingerprint density at radius 2 is 1.77 bits per heavy atom. The molecule has 0 aliphatic heterocycles. The summed E-state index contributed by atoms with van der Waals surface area (Å²) >= 11 is 0. The number of nitrogens with zero attached hydrogens (tertiary/aromatic N) is 3. The van der Waals surface area contributed by atoms with E-state index in [-0.39, 0.29) is 11.1 Å². The zero-order valence-corrected chi connectivity index (χ0v) is 21.0. The summed E-state index contributed by atoms with van der Waals surface area (Å²) in [5.41, 5.74) is 4.34. The Bertz CT molecular complexity index is 1270. The summed E-state index contributed by atoms with van der Waals surface area (Å²) in [6.07, 6.45) is 2.44. The molecule has 35 heavy (non-hydrogen) atoms. The normalized spacial score (nSPS) is 11.9. The molecule has 2 aromatic carbocycles. The number of fused-ring (bicyclic) bond motifs is 1. The van der Waals surface area contributed by atoms with Gasteiger partial charge in [0, 0.05) is 0 Å². The van der Waals surface area contributed by atoms with Crippen LogP contribution in [0.4, 0.5) is 4.79 Å². The molecule has 0 radical (unpaired) electrons. The molecule has 0 atom stereocenters. The quantitative estimate of drug-likeness (QED) is 0.405. The van der Waals surface area contributed by atoms with Crippen LogP contribution in [0, 0.1) is 11.5 Å². The summed E-state index contributed by atoms with van der Waals surface area (Å²) in [7, 11) is 1.12. The molecule has 0 unspecified atom stereocenters. The fourth-order valence-corrected chi connectivity index (χ4v) is 3.45. The summed E-state index contributed by atoms with van der Waals surface area (Å²) in [5, 5.41) is 15.3. The Balaban J connectivity index is 1.86. The number of carbonyl (C=O) groups is 1. The Hall–Kier alpha value is -3.93. The van der Waals surface area contributed by atoms with Gasteiger partial charge in [-0.25, -0.2) is 0 Å². The molecular formula is C26H30BN5O3. The number of nitriles is 1. The molecule has 0 spiro atoms. The van der Waals surface area contributed by atoms with Crippen molar-refractivity contribution in [1.29, 1.82) is 5.26 Å². The zero-order chi connectivity index (χ0) is 25.6. The third kappa shape index (κ3) is 7.03. The second-order valence-electron chi connectivity index (χ2n) is 10.1. The maximum absolute atomic E-state index is 12.2. The molecule has 2 N–H and O–H groups in total. The van der Waals surface area contributed by atoms with Crippen molar-refractivity contribution < 1.29 is 14.2 Å². The summed E-state index contributed by atoms with van der Waals surface area (Å²) in [6.45, 7) is 12.2. The number of para-hydroxylation sites is 1. The van der Waals surface area contributed by atoms with Crippen LogP contribution in [0.25, 0.3) is 22.2 Å². The molecule has 0 saturated carbocycles. The summed E-state index contributed by atoms with van der Waals surface area (Å²) < 4.78 is 9.97. The van der Waals surface area contributed by atoms with Gasteiger partial charge in [-0.15, -0.1) is 0 Å². The fourth-order valence-electron chi connectivity index (χ4n) is 3.45. The van der Waals surface area contributed by atoms with Gasteiger partial charge in [-0.3, -0.25) is 0 Å². The van der Waals surface area contributed by atoms with Gasteiger partial charge in [0.15, 0.2) is 0 Å². The molecule has 0 bridgehead atoms. The second-order valence-corrected chi connectivity index (χ2v) is 10.1. The number of hydrogen-bond acceptors (Lipinski definition) is 7. The summed E-state index contributed by atoms with van der Waals surface area (Å²) in [5.74, 6) is 0. The van der Waals surface area contributed by atoms with Crippen molar-refractivity contribution >= 4 is 29.8 Å². The maximum atomic E-state index is 12.2. The number of carbonyl (C=O) groups excluding carboxylic acids is 1. The van der Waals surface area contributed by atoms with Crippen LogP contribution in [0.5, 0.6) is 0 Å². The minimum atomic E-state index is -0.668. The van der Waals surface area contributed by atoms with Gasteiger partial charge in [-0.05, 0) is 0 Å². The van der Waals surface area contributed by atoms with Crippen molar-refractivity contribution in [3.05, 3.63) is 59.9 Å². The standard InChI is InChI=1S/C26H30BN5O3/c1-25(2,3)19-12-10-17(11-13-19)21-20-9-7-8-18(22(20)31-16-30-21)14-29-23(27-34-15-28)32-24(33)35-26(4,5)6/h7-13,16,29H,14H2,1-6H3,(H,32,33). The number of hydrogen-bond donors (Lipinski definition) is 2. The van der Waals surface area contributed by atoms with Crippen molar-refractivity contribution in [2.24, 2.45) is 0 Å². The van der Waals surface area contributed by atoms with Crippen LogP contribution in [0.3, 0.4) is 0 Å². The van der Waals surface area contributed by atoms with E-state index in [1.54, 1.807) is 33.4 Å². The predicted octanol–water partition coefficient (Wildman–Crippen LogP) is 4.41. The number of alkyl carbamates (subject to hydrolysis) is 1. The Kier molecular flexibility index (Phi) is 7.75. The molecule has 9 heteroatoms. The van der Waals surface area contributed by atoms with Crippen LogP contribution >= 0.6 is 0 Å². The van der Waals surface area contributed by atoms with E-state index in [9.17, 15) is 4.79 Å². The molecule has 1 aromatic heterocycles. The SMILES string of the molecule is CC(C)(C)OC(=O)NC(=BOC#N)NCc1cccc2c(-c3ccc(C(C)(C)C)cc3)ncnc12.